The molecule has 0 radical (unpaired) electrons. The molecule has 1 aromatic heterocycles. The molecule has 1 N–H and O–H groups in total. The summed E-state index contributed by atoms with van der Waals surface area (Å²) < 4.78 is 11.2. The van der Waals surface area contributed by atoms with E-state index in [2.05, 4.69) is 29.4 Å². The molecule has 0 unspecified atom stereocenters. The van der Waals surface area contributed by atoms with E-state index in [0.29, 0.717) is 18.3 Å². The van der Waals surface area contributed by atoms with Crippen LogP contribution in [0.3, 0.4) is 0 Å². The van der Waals surface area contributed by atoms with Gasteiger partial charge < -0.3 is 9.47 Å². The van der Waals surface area contributed by atoms with Crippen LogP contribution >= 0.6 is 11.3 Å². The van der Waals surface area contributed by atoms with E-state index >= 15 is 0 Å². The number of rotatable bonds is 8. The van der Waals surface area contributed by atoms with Crippen molar-refractivity contribution in [2.24, 2.45) is 11.0 Å². The van der Waals surface area contributed by atoms with Crippen molar-refractivity contribution in [1.82, 2.24) is 4.98 Å². The highest BCUT2D eigenvalue weighted by atomic mass is 32.1. The molecule has 3 rings (SSSR count). The van der Waals surface area contributed by atoms with Crippen molar-refractivity contribution in [2.75, 3.05) is 19.1 Å². The van der Waals surface area contributed by atoms with Gasteiger partial charge in [0, 0.05) is 10.9 Å². The first-order valence-electron chi connectivity index (χ1n) is 8.76. The van der Waals surface area contributed by atoms with Crippen LogP contribution in [0.5, 0.6) is 11.5 Å². The topological polar surface area (TPSA) is 55.7 Å². The fraction of sp³-hybridized carbons (Fsp3) is 0.238. The molecule has 0 bridgehead atoms. The zero-order valence-corrected chi connectivity index (χ0v) is 16.5. The molecule has 2 aromatic carbocycles. The third-order valence-electron chi connectivity index (χ3n) is 3.71. The SMILES string of the molecule is COc1cc(C=NNc2nc(-c3ccccc3)cs2)ccc1OCC(C)C. The van der Waals surface area contributed by atoms with E-state index in [9.17, 15) is 0 Å². The minimum absolute atomic E-state index is 0.458. The van der Waals surface area contributed by atoms with Crippen LogP contribution in [0, 0.1) is 5.92 Å². The Labute approximate surface area is 163 Å². The summed E-state index contributed by atoms with van der Waals surface area (Å²) >= 11 is 1.52. The molecule has 0 aliphatic carbocycles. The molecular weight excluding hydrogens is 358 g/mol. The van der Waals surface area contributed by atoms with Gasteiger partial charge in [-0.2, -0.15) is 5.10 Å². The summed E-state index contributed by atoms with van der Waals surface area (Å²) in [6.07, 6.45) is 1.73. The van der Waals surface area contributed by atoms with Crippen molar-refractivity contribution in [3.63, 3.8) is 0 Å². The van der Waals surface area contributed by atoms with Gasteiger partial charge in [-0.05, 0) is 29.7 Å². The van der Waals surface area contributed by atoms with E-state index in [4.69, 9.17) is 9.47 Å². The summed E-state index contributed by atoms with van der Waals surface area (Å²) in [6, 6.07) is 15.8. The fourth-order valence-electron chi connectivity index (χ4n) is 2.37. The Bertz CT molecular complexity index is 891. The molecular formula is C21H23N3O2S. The quantitative estimate of drug-likeness (QED) is 0.425. The van der Waals surface area contributed by atoms with Gasteiger partial charge in [0.05, 0.1) is 25.6 Å². The lowest BCUT2D eigenvalue weighted by molar-refractivity contribution is 0.257. The monoisotopic (exact) mass is 381 g/mol. The van der Waals surface area contributed by atoms with Crippen molar-refractivity contribution < 1.29 is 9.47 Å². The number of thiazole rings is 1. The Morgan fingerprint density at radius 2 is 1.96 bits per heavy atom. The lowest BCUT2D eigenvalue weighted by Gasteiger charge is -2.12. The number of hydrogen-bond acceptors (Lipinski definition) is 6. The van der Waals surface area contributed by atoms with Crippen LogP contribution in [0.1, 0.15) is 19.4 Å². The number of hydrazone groups is 1. The van der Waals surface area contributed by atoms with Gasteiger partial charge in [-0.25, -0.2) is 4.98 Å². The van der Waals surface area contributed by atoms with Crippen molar-refractivity contribution in [3.8, 4) is 22.8 Å². The van der Waals surface area contributed by atoms with Crippen LogP contribution in [0.15, 0.2) is 59.0 Å². The van der Waals surface area contributed by atoms with Crippen molar-refractivity contribution >= 4 is 22.7 Å². The largest absolute Gasteiger partial charge is 0.493 e. The molecule has 0 fully saturated rings. The highest BCUT2D eigenvalue weighted by Crippen LogP contribution is 2.28. The summed E-state index contributed by atoms with van der Waals surface area (Å²) in [5.41, 5.74) is 5.92. The molecule has 1 heterocycles. The number of nitrogens with zero attached hydrogens (tertiary/aromatic N) is 2. The van der Waals surface area contributed by atoms with Gasteiger partial charge in [0.1, 0.15) is 0 Å². The maximum Gasteiger partial charge on any atom is 0.203 e. The third-order valence-corrected chi connectivity index (χ3v) is 4.45. The summed E-state index contributed by atoms with van der Waals surface area (Å²) in [4.78, 5) is 4.55. The third kappa shape index (κ3) is 5.31. The van der Waals surface area contributed by atoms with E-state index in [1.165, 1.54) is 11.3 Å². The summed E-state index contributed by atoms with van der Waals surface area (Å²) in [6.45, 7) is 4.88. The maximum absolute atomic E-state index is 5.77. The van der Waals surface area contributed by atoms with E-state index < -0.39 is 0 Å². The molecule has 0 aliphatic heterocycles. The zero-order valence-electron chi connectivity index (χ0n) is 15.7. The molecule has 3 aromatic rings. The molecule has 0 saturated heterocycles. The number of methoxy groups -OCH3 is 1. The molecule has 0 amide bonds. The Hall–Kier alpha value is -2.86. The van der Waals surface area contributed by atoms with Gasteiger partial charge in [0.2, 0.25) is 5.13 Å². The molecule has 140 valence electrons. The van der Waals surface area contributed by atoms with Gasteiger partial charge in [0.15, 0.2) is 11.5 Å². The average molecular weight is 382 g/mol. The van der Waals surface area contributed by atoms with E-state index in [1.807, 2.05) is 53.9 Å². The van der Waals surface area contributed by atoms with Gasteiger partial charge in [0.25, 0.3) is 0 Å². The van der Waals surface area contributed by atoms with Crippen molar-refractivity contribution in [1.29, 1.82) is 0 Å². The normalized spacial score (nSPS) is 11.1. The van der Waals surface area contributed by atoms with Gasteiger partial charge >= 0.3 is 0 Å². The standard InChI is InChI=1S/C21H23N3O2S/c1-15(2)13-26-19-10-9-16(11-20(19)25-3)12-22-24-21-23-18(14-27-21)17-7-5-4-6-8-17/h4-12,14-15H,13H2,1-3H3,(H,23,24). The number of ether oxygens (including phenoxy) is 2. The summed E-state index contributed by atoms with van der Waals surface area (Å²) in [5.74, 6) is 1.89. The summed E-state index contributed by atoms with van der Waals surface area (Å²) in [7, 11) is 1.64. The lowest BCUT2D eigenvalue weighted by Crippen LogP contribution is -2.05. The lowest BCUT2D eigenvalue weighted by atomic mass is 10.2. The number of anilines is 1. The molecule has 0 spiro atoms. The molecule has 27 heavy (non-hydrogen) atoms. The van der Waals surface area contributed by atoms with Crippen LogP contribution in [0.2, 0.25) is 0 Å². The first kappa shape index (κ1) is 18.9. The van der Waals surface area contributed by atoms with E-state index in [-0.39, 0.29) is 0 Å². The van der Waals surface area contributed by atoms with Crippen molar-refractivity contribution in [3.05, 3.63) is 59.5 Å². The Balaban J connectivity index is 1.63. The van der Waals surface area contributed by atoms with Crippen LogP contribution in [-0.4, -0.2) is 24.9 Å². The number of nitrogens with one attached hydrogen (secondary N) is 1. The highest BCUT2D eigenvalue weighted by molar-refractivity contribution is 7.14. The molecule has 0 aliphatic rings. The van der Waals surface area contributed by atoms with Crippen LogP contribution in [-0.2, 0) is 0 Å². The second kappa shape index (κ2) is 9.19. The van der Waals surface area contributed by atoms with Gasteiger partial charge in [-0.1, -0.05) is 44.2 Å². The first-order valence-corrected chi connectivity index (χ1v) is 9.64. The Kier molecular flexibility index (Phi) is 6.44. The van der Waals surface area contributed by atoms with Crippen LogP contribution in [0.4, 0.5) is 5.13 Å². The average Bonchev–Trinajstić information content (AvgIpc) is 3.16. The molecule has 0 atom stereocenters. The zero-order chi connectivity index (χ0) is 19.1. The predicted octanol–water partition coefficient (Wildman–Crippen LogP) is 5.30. The second-order valence-corrected chi connectivity index (χ2v) is 7.25. The van der Waals surface area contributed by atoms with Gasteiger partial charge in [-0.3, -0.25) is 5.43 Å². The summed E-state index contributed by atoms with van der Waals surface area (Å²) in [5, 5.41) is 7.03. The van der Waals surface area contributed by atoms with E-state index in [0.717, 1.165) is 27.7 Å². The number of hydrogen-bond donors (Lipinski definition) is 1. The molecule has 0 saturated carbocycles. The minimum Gasteiger partial charge on any atom is -0.493 e. The molecule has 5 nitrogen and oxygen atoms in total. The van der Waals surface area contributed by atoms with Gasteiger partial charge in [-0.15, -0.1) is 11.3 Å². The minimum atomic E-state index is 0.458. The predicted molar refractivity (Wildman–Crippen MR) is 112 cm³/mol. The smallest absolute Gasteiger partial charge is 0.203 e. The van der Waals surface area contributed by atoms with Crippen LogP contribution in [0.25, 0.3) is 11.3 Å². The number of aromatic nitrogens is 1. The van der Waals surface area contributed by atoms with E-state index in [1.54, 1.807) is 13.3 Å². The van der Waals surface area contributed by atoms with Crippen molar-refractivity contribution in [2.45, 2.75) is 13.8 Å². The number of benzene rings is 2. The Morgan fingerprint density at radius 1 is 1.15 bits per heavy atom. The first-order chi connectivity index (χ1) is 13.2. The highest BCUT2D eigenvalue weighted by Gasteiger charge is 2.06. The fourth-order valence-corrected chi connectivity index (χ4v) is 3.04. The Morgan fingerprint density at radius 3 is 2.70 bits per heavy atom. The molecule has 6 heteroatoms. The maximum atomic E-state index is 5.77. The second-order valence-electron chi connectivity index (χ2n) is 6.39. The van der Waals surface area contributed by atoms with Crippen LogP contribution < -0.4 is 14.9 Å².